The number of nitrogens with zero attached hydrogens (tertiary/aromatic N) is 1. The molecule has 0 aliphatic heterocycles. The second-order valence-corrected chi connectivity index (χ2v) is 6.87. The lowest BCUT2D eigenvalue weighted by Crippen LogP contribution is -2.21. The van der Waals surface area contributed by atoms with Crippen LogP contribution in [0.1, 0.15) is 6.42 Å². The molecule has 2 unspecified atom stereocenters. The van der Waals surface area contributed by atoms with E-state index in [0.717, 1.165) is 10.9 Å². The Kier molecular flexibility index (Phi) is 5.03. The molecular formula is C22H21N3O4. The zero-order valence-electron chi connectivity index (χ0n) is 16.1. The second-order valence-electron chi connectivity index (χ2n) is 6.87. The van der Waals surface area contributed by atoms with Crippen LogP contribution < -0.4 is 20.1 Å². The highest BCUT2D eigenvalue weighted by atomic mass is 16.5. The fourth-order valence-electron chi connectivity index (χ4n) is 3.34. The van der Waals surface area contributed by atoms with Gasteiger partial charge >= 0.3 is 0 Å². The van der Waals surface area contributed by atoms with Gasteiger partial charge in [-0.15, -0.1) is 0 Å². The molecular weight excluding hydrogens is 370 g/mol. The number of amides is 2. The Morgan fingerprint density at radius 2 is 1.66 bits per heavy atom. The standard InChI is InChI=1S/C22H21N3O4/c1-28-14-8-9-19(29-2)18(11-14)25-22(27)16-12-15(16)21(26)24-17-7-3-5-13-6-4-10-23-20(13)17/h3-11,15-16H,12H2,1-2H3,(H,24,26)(H,25,27). The van der Waals surface area contributed by atoms with Crippen molar-refractivity contribution in [1.29, 1.82) is 0 Å². The zero-order chi connectivity index (χ0) is 20.4. The number of methoxy groups -OCH3 is 2. The summed E-state index contributed by atoms with van der Waals surface area (Å²) in [5, 5.41) is 6.70. The second kappa shape index (κ2) is 7.79. The molecule has 1 aromatic heterocycles. The zero-order valence-corrected chi connectivity index (χ0v) is 16.1. The van der Waals surface area contributed by atoms with Crippen molar-refractivity contribution in [3.8, 4) is 11.5 Å². The summed E-state index contributed by atoms with van der Waals surface area (Å²) >= 11 is 0. The number of nitrogens with one attached hydrogen (secondary N) is 2. The van der Waals surface area contributed by atoms with Crippen molar-refractivity contribution in [2.24, 2.45) is 11.8 Å². The molecule has 1 aliphatic carbocycles. The van der Waals surface area contributed by atoms with Gasteiger partial charge in [-0.1, -0.05) is 18.2 Å². The van der Waals surface area contributed by atoms with Crippen LogP contribution in [0.15, 0.2) is 54.7 Å². The van der Waals surface area contributed by atoms with Gasteiger partial charge in [-0.3, -0.25) is 14.6 Å². The van der Waals surface area contributed by atoms with Crippen LogP contribution >= 0.6 is 0 Å². The first-order valence-corrected chi connectivity index (χ1v) is 9.28. The van der Waals surface area contributed by atoms with Gasteiger partial charge in [0.05, 0.1) is 42.9 Å². The van der Waals surface area contributed by atoms with Gasteiger partial charge in [0.15, 0.2) is 0 Å². The molecule has 7 heteroatoms. The van der Waals surface area contributed by atoms with E-state index in [1.165, 1.54) is 7.11 Å². The minimum atomic E-state index is -0.381. The Bertz CT molecular complexity index is 1080. The summed E-state index contributed by atoms with van der Waals surface area (Å²) in [5.41, 5.74) is 1.89. The Balaban J connectivity index is 1.43. The summed E-state index contributed by atoms with van der Waals surface area (Å²) in [7, 11) is 3.08. The predicted molar refractivity (Wildman–Crippen MR) is 110 cm³/mol. The number of hydrogen-bond donors (Lipinski definition) is 2. The topological polar surface area (TPSA) is 89.5 Å². The van der Waals surface area contributed by atoms with Crippen molar-refractivity contribution in [3.63, 3.8) is 0 Å². The molecule has 3 aromatic rings. The molecule has 0 spiro atoms. The fourth-order valence-corrected chi connectivity index (χ4v) is 3.34. The average molecular weight is 391 g/mol. The Hall–Kier alpha value is -3.61. The van der Waals surface area contributed by atoms with E-state index < -0.39 is 0 Å². The lowest BCUT2D eigenvalue weighted by molar-refractivity contribution is -0.122. The maximum Gasteiger partial charge on any atom is 0.228 e. The molecule has 4 rings (SSSR count). The molecule has 1 aliphatic rings. The summed E-state index contributed by atoms with van der Waals surface area (Å²) in [6.07, 6.45) is 2.19. The van der Waals surface area contributed by atoms with Crippen molar-refractivity contribution < 1.29 is 19.1 Å². The van der Waals surface area contributed by atoms with Crippen molar-refractivity contribution in [2.75, 3.05) is 24.9 Å². The molecule has 7 nitrogen and oxygen atoms in total. The van der Waals surface area contributed by atoms with Crippen LogP contribution in [-0.4, -0.2) is 31.0 Å². The van der Waals surface area contributed by atoms with Crippen molar-refractivity contribution in [1.82, 2.24) is 4.98 Å². The van der Waals surface area contributed by atoms with Crippen LogP contribution in [0.4, 0.5) is 11.4 Å². The SMILES string of the molecule is COc1ccc(OC)c(NC(=O)C2CC2C(=O)Nc2cccc3cccnc23)c1. The summed E-state index contributed by atoms with van der Waals surface area (Å²) in [4.78, 5) is 29.6. The number of benzene rings is 2. The molecule has 0 bridgehead atoms. The highest BCUT2D eigenvalue weighted by Crippen LogP contribution is 2.41. The molecule has 2 atom stereocenters. The van der Waals surface area contributed by atoms with Crippen molar-refractivity contribution >= 4 is 34.1 Å². The lowest BCUT2D eigenvalue weighted by Gasteiger charge is -2.12. The van der Waals surface area contributed by atoms with Gasteiger partial charge in [0, 0.05) is 17.6 Å². The summed E-state index contributed by atoms with van der Waals surface area (Å²) in [6.45, 7) is 0. The maximum atomic E-state index is 12.6. The van der Waals surface area contributed by atoms with Crippen LogP contribution in [0.2, 0.25) is 0 Å². The number of aromatic nitrogens is 1. The van der Waals surface area contributed by atoms with E-state index in [1.807, 2.05) is 30.3 Å². The number of pyridine rings is 1. The van der Waals surface area contributed by atoms with Gasteiger partial charge in [0.1, 0.15) is 11.5 Å². The number of ether oxygens (including phenoxy) is 2. The smallest absolute Gasteiger partial charge is 0.228 e. The molecule has 148 valence electrons. The number of hydrogen-bond acceptors (Lipinski definition) is 5. The minimum Gasteiger partial charge on any atom is -0.497 e. The van der Waals surface area contributed by atoms with Gasteiger partial charge in [-0.05, 0) is 30.7 Å². The molecule has 2 aromatic carbocycles. The highest BCUT2D eigenvalue weighted by molar-refractivity contribution is 6.06. The van der Waals surface area contributed by atoms with Crippen LogP contribution in [0, 0.1) is 11.8 Å². The Morgan fingerprint density at radius 1 is 0.931 bits per heavy atom. The molecule has 1 fully saturated rings. The molecule has 1 saturated carbocycles. The fraction of sp³-hybridized carbons (Fsp3) is 0.227. The number of carbonyl (C=O) groups is 2. The van der Waals surface area contributed by atoms with E-state index in [9.17, 15) is 9.59 Å². The van der Waals surface area contributed by atoms with Gasteiger partial charge in [0.2, 0.25) is 11.8 Å². The molecule has 1 heterocycles. The van der Waals surface area contributed by atoms with Gasteiger partial charge in [-0.25, -0.2) is 0 Å². The third kappa shape index (κ3) is 3.85. The van der Waals surface area contributed by atoms with Gasteiger partial charge in [-0.2, -0.15) is 0 Å². The van der Waals surface area contributed by atoms with Crippen molar-refractivity contribution in [3.05, 3.63) is 54.7 Å². The van der Waals surface area contributed by atoms with E-state index in [4.69, 9.17) is 9.47 Å². The number of anilines is 2. The van der Waals surface area contributed by atoms with E-state index >= 15 is 0 Å². The number of carbonyl (C=O) groups excluding carboxylic acids is 2. The summed E-state index contributed by atoms with van der Waals surface area (Å²) in [5.74, 6) is -0.00894. The van der Waals surface area contributed by atoms with E-state index in [1.54, 1.807) is 31.5 Å². The minimum absolute atomic E-state index is 0.180. The third-order valence-corrected chi connectivity index (χ3v) is 5.02. The molecule has 29 heavy (non-hydrogen) atoms. The van der Waals surface area contributed by atoms with Crippen LogP contribution in [-0.2, 0) is 9.59 Å². The Labute approximate surface area is 168 Å². The van der Waals surface area contributed by atoms with Crippen LogP contribution in [0.5, 0.6) is 11.5 Å². The van der Waals surface area contributed by atoms with Gasteiger partial charge in [0.25, 0.3) is 0 Å². The predicted octanol–water partition coefficient (Wildman–Crippen LogP) is 3.47. The summed E-state index contributed by atoms with van der Waals surface area (Å²) in [6, 6.07) is 14.6. The quantitative estimate of drug-likeness (QED) is 0.672. The largest absolute Gasteiger partial charge is 0.497 e. The van der Waals surface area contributed by atoms with Crippen LogP contribution in [0.25, 0.3) is 10.9 Å². The number of rotatable bonds is 6. The third-order valence-electron chi connectivity index (χ3n) is 5.02. The number of para-hydroxylation sites is 1. The maximum absolute atomic E-state index is 12.6. The van der Waals surface area contributed by atoms with Gasteiger partial charge < -0.3 is 20.1 Å². The highest BCUT2D eigenvalue weighted by Gasteiger charge is 2.48. The van der Waals surface area contributed by atoms with E-state index in [-0.39, 0.29) is 23.7 Å². The van der Waals surface area contributed by atoms with Crippen LogP contribution in [0.3, 0.4) is 0 Å². The Morgan fingerprint density at radius 3 is 2.38 bits per heavy atom. The molecule has 2 amide bonds. The van der Waals surface area contributed by atoms with E-state index in [0.29, 0.717) is 29.3 Å². The first kappa shape index (κ1) is 18.7. The molecule has 2 N–H and O–H groups in total. The summed E-state index contributed by atoms with van der Waals surface area (Å²) < 4.78 is 10.5. The molecule has 0 saturated heterocycles. The first-order chi connectivity index (χ1) is 14.1. The monoisotopic (exact) mass is 391 g/mol. The van der Waals surface area contributed by atoms with E-state index in [2.05, 4.69) is 15.6 Å². The van der Waals surface area contributed by atoms with Crippen molar-refractivity contribution in [2.45, 2.75) is 6.42 Å². The molecule has 0 radical (unpaired) electrons. The lowest BCUT2D eigenvalue weighted by atomic mass is 10.2. The first-order valence-electron chi connectivity index (χ1n) is 9.28. The number of fused-ring (bicyclic) bond motifs is 1. The normalized spacial score (nSPS) is 17.4. The average Bonchev–Trinajstić information content (AvgIpc) is 3.55.